The molecule has 0 aliphatic heterocycles. The molecule has 0 saturated heterocycles. The van der Waals surface area contributed by atoms with E-state index in [1.807, 2.05) is 4.90 Å². The molecule has 0 aromatic rings. The molecule has 0 radical (unpaired) electrons. The van der Waals surface area contributed by atoms with Crippen LogP contribution in [0.2, 0.25) is 0 Å². The lowest BCUT2D eigenvalue weighted by molar-refractivity contribution is -0.130. The predicted molar refractivity (Wildman–Crippen MR) is 82.1 cm³/mol. The van der Waals surface area contributed by atoms with Gasteiger partial charge in [0.25, 0.3) is 0 Å². The highest BCUT2D eigenvalue weighted by atomic mass is 16.2. The summed E-state index contributed by atoms with van der Waals surface area (Å²) in [7, 11) is 2.08. The van der Waals surface area contributed by atoms with Gasteiger partial charge < -0.3 is 10.6 Å². The Morgan fingerprint density at radius 3 is 2.80 bits per heavy atom. The zero-order valence-corrected chi connectivity index (χ0v) is 13.0. The molecule has 2 aliphatic rings. The number of allylic oxidation sites excluding steroid dienone is 2. The van der Waals surface area contributed by atoms with Crippen molar-refractivity contribution in [3.63, 3.8) is 0 Å². The Kier molecular flexibility index (Phi) is 5.61. The maximum Gasteiger partial charge on any atom is 0.240 e. The van der Waals surface area contributed by atoms with E-state index >= 15 is 0 Å². The van der Waals surface area contributed by atoms with E-state index in [4.69, 9.17) is 5.73 Å². The minimum Gasteiger partial charge on any atom is -0.330 e. The highest BCUT2D eigenvalue weighted by molar-refractivity contribution is 5.80. The van der Waals surface area contributed by atoms with E-state index in [9.17, 15) is 4.79 Å². The first-order chi connectivity index (χ1) is 9.67. The number of hydrogen-bond donors (Lipinski definition) is 1. The van der Waals surface area contributed by atoms with Crippen LogP contribution >= 0.6 is 0 Å². The number of carbonyl (C=O) groups is 1. The number of hydrogen-bond acceptors (Lipinski definition) is 3. The third kappa shape index (κ3) is 3.41. The molecule has 0 spiro atoms. The van der Waals surface area contributed by atoms with E-state index in [0.717, 1.165) is 25.9 Å². The van der Waals surface area contributed by atoms with E-state index < -0.39 is 0 Å². The van der Waals surface area contributed by atoms with Crippen molar-refractivity contribution in [1.29, 1.82) is 0 Å². The summed E-state index contributed by atoms with van der Waals surface area (Å²) in [6.45, 7) is 4.11. The normalized spacial score (nSPS) is 26.1. The minimum absolute atomic E-state index is 0.242. The summed E-state index contributed by atoms with van der Waals surface area (Å²) < 4.78 is 0. The first kappa shape index (κ1) is 15.5. The van der Waals surface area contributed by atoms with E-state index in [0.29, 0.717) is 18.5 Å². The topological polar surface area (TPSA) is 49.6 Å². The van der Waals surface area contributed by atoms with Gasteiger partial charge in [-0.3, -0.25) is 9.69 Å². The van der Waals surface area contributed by atoms with Crippen LogP contribution in [-0.4, -0.2) is 48.4 Å². The fourth-order valence-electron chi connectivity index (χ4n) is 3.73. The van der Waals surface area contributed by atoms with Gasteiger partial charge in [-0.05, 0) is 58.5 Å². The second-order valence-corrected chi connectivity index (χ2v) is 6.13. The molecule has 20 heavy (non-hydrogen) atoms. The molecular weight excluding hydrogens is 250 g/mol. The standard InChI is InChI=1S/C16H29N3O/c1-3-19(14-8-4-5-9-14)16(20)12-18(2)15-10-6-7-13(15)11-17/h8,13,15H,3-7,9-12,17H2,1-2H3. The number of nitrogens with zero attached hydrogens (tertiary/aromatic N) is 2. The minimum atomic E-state index is 0.242. The second-order valence-electron chi connectivity index (χ2n) is 6.13. The number of carbonyl (C=O) groups excluding carboxylic acids is 1. The molecule has 0 aromatic heterocycles. The summed E-state index contributed by atoms with van der Waals surface area (Å²) >= 11 is 0. The molecule has 2 aliphatic carbocycles. The van der Waals surface area contributed by atoms with Gasteiger partial charge in [0.2, 0.25) is 5.91 Å². The summed E-state index contributed by atoms with van der Waals surface area (Å²) in [6.07, 6.45) is 9.22. The molecule has 114 valence electrons. The van der Waals surface area contributed by atoms with Gasteiger partial charge in [-0.25, -0.2) is 0 Å². The highest BCUT2D eigenvalue weighted by Gasteiger charge is 2.31. The first-order valence-electron chi connectivity index (χ1n) is 8.07. The van der Waals surface area contributed by atoms with Gasteiger partial charge >= 0.3 is 0 Å². The first-order valence-corrected chi connectivity index (χ1v) is 8.07. The Morgan fingerprint density at radius 1 is 1.40 bits per heavy atom. The quantitative estimate of drug-likeness (QED) is 0.808. The van der Waals surface area contributed by atoms with Crippen molar-refractivity contribution in [1.82, 2.24) is 9.80 Å². The van der Waals surface area contributed by atoms with Crippen LogP contribution in [-0.2, 0) is 4.79 Å². The van der Waals surface area contributed by atoms with Crippen molar-refractivity contribution in [2.75, 3.05) is 26.7 Å². The predicted octanol–water partition coefficient (Wildman–Crippen LogP) is 1.96. The third-order valence-electron chi connectivity index (χ3n) is 4.85. The average Bonchev–Trinajstić information content (AvgIpc) is 3.10. The zero-order chi connectivity index (χ0) is 14.5. The molecule has 1 saturated carbocycles. The number of likely N-dealkylation sites (N-methyl/N-ethyl adjacent to an activating group) is 2. The monoisotopic (exact) mass is 279 g/mol. The van der Waals surface area contributed by atoms with Gasteiger partial charge in [0.05, 0.1) is 6.54 Å². The van der Waals surface area contributed by atoms with Crippen LogP contribution in [0.25, 0.3) is 0 Å². The van der Waals surface area contributed by atoms with E-state index in [1.165, 1.54) is 31.4 Å². The molecule has 2 rings (SSSR count). The SMILES string of the molecule is CCN(C(=O)CN(C)C1CCCC1CN)C1=CCCC1. The number of nitrogens with two attached hydrogens (primary N) is 1. The second kappa shape index (κ2) is 7.23. The van der Waals surface area contributed by atoms with Crippen LogP contribution in [0, 0.1) is 5.92 Å². The van der Waals surface area contributed by atoms with Crippen LogP contribution in [0.5, 0.6) is 0 Å². The van der Waals surface area contributed by atoms with Crippen molar-refractivity contribution in [3.8, 4) is 0 Å². The Bertz CT molecular complexity index is 367. The number of amides is 1. The molecular formula is C16H29N3O. The lowest BCUT2D eigenvalue weighted by atomic mass is 10.0. The smallest absolute Gasteiger partial charge is 0.240 e. The molecule has 2 N–H and O–H groups in total. The Labute approximate surface area is 123 Å². The Hall–Kier alpha value is -0.870. The van der Waals surface area contributed by atoms with Crippen LogP contribution in [0.3, 0.4) is 0 Å². The van der Waals surface area contributed by atoms with E-state index in [-0.39, 0.29) is 5.91 Å². The van der Waals surface area contributed by atoms with Crippen molar-refractivity contribution in [2.45, 2.75) is 51.5 Å². The molecule has 4 nitrogen and oxygen atoms in total. The maximum atomic E-state index is 12.5. The van der Waals surface area contributed by atoms with E-state index in [2.05, 4.69) is 24.9 Å². The molecule has 1 amide bonds. The molecule has 0 bridgehead atoms. The van der Waals surface area contributed by atoms with Gasteiger partial charge in [0.1, 0.15) is 0 Å². The lowest BCUT2D eigenvalue weighted by Gasteiger charge is -2.31. The molecule has 0 heterocycles. The van der Waals surface area contributed by atoms with Gasteiger partial charge in [-0.1, -0.05) is 12.5 Å². The Balaban J connectivity index is 1.92. The van der Waals surface area contributed by atoms with Crippen molar-refractivity contribution < 1.29 is 4.79 Å². The van der Waals surface area contributed by atoms with Crippen molar-refractivity contribution >= 4 is 5.91 Å². The largest absolute Gasteiger partial charge is 0.330 e. The fraction of sp³-hybridized carbons (Fsp3) is 0.812. The van der Waals surface area contributed by atoms with Gasteiger partial charge in [-0.2, -0.15) is 0 Å². The molecule has 1 fully saturated rings. The van der Waals surface area contributed by atoms with Gasteiger partial charge in [-0.15, -0.1) is 0 Å². The fourth-order valence-corrected chi connectivity index (χ4v) is 3.73. The van der Waals surface area contributed by atoms with Crippen LogP contribution in [0.1, 0.15) is 45.4 Å². The highest BCUT2D eigenvalue weighted by Crippen LogP contribution is 2.29. The Morgan fingerprint density at radius 2 is 2.20 bits per heavy atom. The molecule has 0 aromatic carbocycles. The van der Waals surface area contributed by atoms with Crippen LogP contribution < -0.4 is 5.73 Å². The summed E-state index contributed by atoms with van der Waals surface area (Å²) in [5, 5.41) is 0. The number of rotatable bonds is 6. The van der Waals surface area contributed by atoms with Crippen LogP contribution in [0.15, 0.2) is 11.8 Å². The molecule has 2 atom stereocenters. The van der Waals surface area contributed by atoms with E-state index in [1.54, 1.807) is 0 Å². The van der Waals surface area contributed by atoms with Crippen molar-refractivity contribution in [2.24, 2.45) is 11.7 Å². The summed E-state index contributed by atoms with van der Waals surface area (Å²) in [5.41, 5.74) is 7.08. The van der Waals surface area contributed by atoms with Crippen LogP contribution in [0.4, 0.5) is 0 Å². The van der Waals surface area contributed by atoms with Crippen molar-refractivity contribution in [3.05, 3.63) is 11.8 Å². The average molecular weight is 279 g/mol. The summed E-state index contributed by atoms with van der Waals surface area (Å²) in [5.74, 6) is 0.805. The third-order valence-corrected chi connectivity index (χ3v) is 4.85. The molecule has 4 heteroatoms. The maximum absolute atomic E-state index is 12.5. The molecule has 2 unspecified atom stereocenters. The summed E-state index contributed by atoms with van der Waals surface area (Å²) in [6, 6.07) is 0.486. The lowest BCUT2D eigenvalue weighted by Crippen LogP contribution is -2.44. The van der Waals surface area contributed by atoms with Gasteiger partial charge in [0.15, 0.2) is 0 Å². The summed E-state index contributed by atoms with van der Waals surface area (Å²) in [4.78, 5) is 16.7. The zero-order valence-electron chi connectivity index (χ0n) is 13.0. The van der Waals surface area contributed by atoms with Gasteiger partial charge in [0, 0.05) is 18.3 Å².